The minimum absolute atomic E-state index is 0.208. The van der Waals surface area contributed by atoms with Crippen molar-refractivity contribution in [3.63, 3.8) is 0 Å². The summed E-state index contributed by atoms with van der Waals surface area (Å²) in [4.78, 5) is 12.0. The predicted octanol–water partition coefficient (Wildman–Crippen LogP) is 2.58. The van der Waals surface area contributed by atoms with Gasteiger partial charge in [0.1, 0.15) is 11.6 Å². The van der Waals surface area contributed by atoms with Crippen molar-refractivity contribution < 1.29 is 13.6 Å². The molecule has 3 aromatic rings. The molecule has 1 amide bonds. The molecule has 0 spiro atoms. The van der Waals surface area contributed by atoms with E-state index in [-0.39, 0.29) is 11.7 Å². The van der Waals surface area contributed by atoms with E-state index in [0.717, 1.165) is 5.76 Å². The summed E-state index contributed by atoms with van der Waals surface area (Å²) in [6.07, 6.45) is 5.32. The largest absolute Gasteiger partial charge is 0.469 e. The monoisotopic (exact) mass is 299 g/mol. The van der Waals surface area contributed by atoms with Gasteiger partial charge >= 0.3 is 0 Å². The summed E-state index contributed by atoms with van der Waals surface area (Å²) in [7, 11) is 0. The van der Waals surface area contributed by atoms with Gasteiger partial charge in [0.2, 0.25) is 0 Å². The molecule has 0 aliphatic carbocycles. The fourth-order valence-corrected chi connectivity index (χ4v) is 2.03. The second kappa shape index (κ2) is 6.26. The number of benzene rings is 1. The van der Waals surface area contributed by atoms with E-state index in [2.05, 4.69) is 10.4 Å². The highest BCUT2D eigenvalue weighted by Crippen LogP contribution is 2.09. The van der Waals surface area contributed by atoms with Crippen LogP contribution in [0.15, 0.2) is 59.5 Å². The molecule has 1 aromatic carbocycles. The Morgan fingerprint density at radius 1 is 1.27 bits per heavy atom. The molecule has 0 atom stereocenters. The average Bonchev–Trinajstić information content (AvgIpc) is 3.19. The molecule has 6 heteroatoms. The minimum Gasteiger partial charge on any atom is -0.469 e. The smallest absolute Gasteiger partial charge is 0.254 e. The first-order chi connectivity index (χ1) is 10.7. The molecule has 0 radical (unpaired) electrons. The zero-order valence-corrected chi connectivity index (χ0v) is 11.7. The Kier molecular flexibility index (Phi) is 4.00. The zero-order valence-electron chi connectivity index (χ0n) is 11.7. The number of amides is 1. The van der Waals surface area contributed by atoms with Crippen LogP contribution in [0.25, 0.3) is 5.69 Å². The summed E-state index contributed by atoms with van der Waals surface area (Å²) >= 11 is 0. The topological polar surface area (TPSA) is 60.1 Å². The number of hydrogen-bond donors (Lipinski definition) is 1. The lowest BCUT2D eigenvalue weighted by atomic mass is 10.3. The van der Waals surface area contributed by atoms with Gasteiger partial charge in [-0.25, -0.2) is 9.07 Å². The van der Waals surface area contributed by atoms with Crippen molar-refractivity contribution in [2.45, 2.75) is 6.42 Å². The molecular weight excluding hydrogens is 285 g/mol. The molecule has 1 N–H and O–H groups in total. The van der Waals surface area contributed by atoms with Gasteiger partial charge in [-0.15, -0.1) is 0 Å². The molecule has 2 heterocycles. The molecule has 0 bridgehead atoms. The van der Waals surface area contributed by atoms with Crippen molar-refractivity contribution in [3.05, 3.63) is 72.2 Å². The minimum atomic E-state index is -0.313. The molecule has 0 saturated heterocycles. The van der Waals surface area contributed by atoms with Crippen LogP contribution in [0.2, 0.25) is 0 Å². The van der Waals surface area contributed by atoms with Crippen molar-refractivity contribution in [2.75, 3.05) is 6.54 Å². The first-order valence-corrected chi connectivity index (χ1v) is 6.83. The van der Waals surface area contributed by atoms with Gasteiger partial charge in [0, 0.05) is 19.2 Å². The summed E-state index contributed by atoms with van der Waals surface area (Å²) in [5, 5.41) is 6.91. The SMILES string of the molecule is O=C(NCCc1ccco1)c1cnn(-c2ccc(F)cc2)c1. The van der Waals surface area contributed by atoms with Gasteiger partial charge in [0.15, 0.2) is 0 Å². The van der Waals surface area contributed by atoms with Crippen LogP contribution in [-0.4, -0.2) is 22.2 Å². The van der Waals surface area contributed by atoms with Crippen LogP contribution < -0.4 is 5.32 Å². The van der Waals surface area contributed by atoms with E-state index in [1.807, 2.05) is 12.1 Å². The molecule has 2 aromatic heterocycles. The molecule has 0 fully saturated rings. The molecule has 3 rings (SSSR count). The van der Waals surface area contributed by atoms with Crippen LogP contribution >= 0.6 is 0 Å². The standard InChI is InChI=1S/C16H14FN3O2/c17-13-3-5-14(6-4-13)20-11-12(10-19-20)16(21)18-8-7-15-2-1-9-22-15/h1-6,9-11H,7-8H2,(H,18,21). The quantitative estimate of drug-likeness (QED) is 0.787. The molecule has 0 aliphatic rings. The Morgan fingerprint density at radius 2 is 2.09 bits per heavy atom. The Balaban J connectivity index is 1.60. The molecule has 22 heavy (non-hydrogen) atoms. The third-order valence-electron chi connectivity index (χ3n) is 3.17. The van der Waals surface area contributed by atoms with Crippen molar-refractivity contribution in [3.8, 4) is 5.69 Å². The highest BCUT2D eigenvalue weighted by Gasteiger charge is 2.09. The Morgan fingerprint density at radius 3 is 2.82 bits per heavy atom. The molecule has 0 aliphatic heterocycles. The second-order valence-electron chi connectivity index (χ2n) is 4.74. The van der Waals surface area contributed by atoms with E-state index in [1.54, 1.807) is 24.6 Å². The normalized spacial score (nSPS) is 10.6. The number of furan rings is 1. The molecule has 112 valence electrons. The maximum atomic E-state index is 12.9. The van der Waals surface area contributed by atoms with E-state index in [0.29, 0.717) is 24.2 Å². The van der Waals surface area contributed by atoms with Gasteiger partial charge in [-0.1, -0.05) is 0 Å². The summed E-state index contributed by atoms with van der Waals surface area (Å²) < 4.78 is 19.6. The van der Waals surface area contributed by atoms with Crippen molar-refractivity contribution >= 4 is 5.91 Å². The van der Waals surface area contributed by atoms with Crippen LogP contribution in [-0.2, 0) is 6.42 Å². The van der Waals surface area contributed by atoms with Crippen LogP contribution in [0.4, 0.5) is 4.39 Å². The number of rotatable bonds is 5. The van der Waals surface area contributed by atoms with Crippen molar-refractivity contribution in [1.82, 2.24) is 15.1 Å². The number of halogens is 1. The Hall–Kier alpha value is -2.89. The summed E-state index contributed by atoms with van der Waals surface area (Å²) in [6.45, 7) is 0.480. The third kappa shape index (κ3) is 3.22. The van der Waals surface area contributed by atoms with Crippen LogP contribution in [0.1, 0.15) is 16.1 Å². The summed E-state index contributed by atoms with van der Waals surface area (Å²) in [5.74, 6) is 0.300. The first-order valence-electron chi connectivity index (χ1n) is 6.83. The molecule has 0 saturated carbocycles. The summed E-state index contributed by atoms with van der Waals surface area (Å²) in [6, 6.07) is 9.56. The van der Waals surface area contributed by atoms with Crippen LogP contribution in [0.3, 0.4) is 0 Å². The van der Waals surface area contributed by atoms with Crippen molar-refractivity contribution in [1.29, 1.82) is 0 Å². The zero-order chi connectivity index (χ0) is 15.4. The van der Waals surface area contributed by atoms with Crippen LogP contribution in [0, 0.1) is 5.82 Å². The van der Waals surface area contributed by atoms with Gasteiger partial charge in [-0.3, -0.25) is 4.79 Å². The van der Waals surface area contributed by atoms with Crippen molar-refractivity contribution in [2.24, 2.45) is 0 Å². The van der Waals surface area contributed by atoms with E-state index in [1.165, 1.54) is 23.0 Å². The second-order valence-corrected chi connectivity index (χ2v) is 4.74. The van der Waals surface area contributed by atoms with Gasteiger partial charge in [-0.2, -0.15) is 5.10 Å². The number of hydrogen-bond acceptors (Lipinski definition) is 3. The highest BCUT2D eigenvalue weighted by molar-refractivity contribution is 5.93. The third-order valence-corrected chi connectivity index (χ3v) is 3.17. The lowest BCUT2D eigenvalue weighted by Gasteiger charge is -2.02. The average molecular weight is 299 g/mol. The van der Waals surface area contributed by atoms with E-state index in [4.69, 9.17) is 4.42 Å². The van der Waals surface area contributed by atoms with Gasteiger partial charge < -0.3 is 9.73 Å². The highest BCUT2D eigenvalue weighted by atomic mass is 19.1. The maximum Gasteiger partial charge on any atom is 0.254 e. The number of aromatic nitrogens is 2. The van der Waals surface area contributed by atoms with Gasteiger partial charge in [-0.05, 0) is 36.4 Å². The molecule has 0 unspecified atom stereocenters. The number of nitrogens with zero attached hydrogens (tertiary/aromatic N) is 2. The fraction of sp³-hybridized carbons (Fsp3) is 0.125. The molecular formula is C16H14FN3O2. The molecule has 5 nitrogen and oxygen atoms in total. The Bertz CT molecular complexity index is 748. The van der Waals surface area contributed by atoms with E-state index >= 15 is 0 Å². The lowest BCUT2D eigenvalue weighted by Crippen LogP contribution is -2.25. The van der Waals surface area contributed by atoms with E-state index < -0.39 is 0 Å². The summed E-state index contributed by atoms with van der Waals surface area (Å²) in [5.41, 5.74) is 1.14. The number of carbonyl (C=O) groups excluding carboxylic acids is 1. The van der Waals surface area contributed by atoms with E-state index in [9.17, 15) is 9.18 Å². The van der Waals surface area contributed by atoms with Gasteiger partial charge in [0.05, 0.1) is 23.7 Å². The number of carbonyl (C=O) groups is 1. The van der Waals surface area contributed by atoms with Gasteiger partial charge in [0.25, 0.3) is 5.91 Å². The fourth-order valence-electron chi connectivity index (χ4n) is 2.03. The predicted molar refractivity (Wildman–Crippen MR) is 78.3 cm³/mol. The Labute approximate surface area is 126 Å². The van der Waals surface area contributed by atoms with Crippen LogP contribution in [0.5, 0.6) is 0 Å². The number of nitrogens with one attached hydrogen (secondary N) is 1. The maximum absolute atomic E-state index is 12.9. The lowest BCUT2D eigenvalue weighted by molar-refractivity contribution is 0.0953. The first kappa shape index (κ1) is 14.1.